The zero-order valence-corrected chi connectivity index (χ0v) is 16.7. The van der Waals surface area contributed by atoms with Crippen molar-refractivity contribution < 1.29 is 9.18 Å². The lowest BCUT2D eigenvalue weighted by Gasteiger charge is -2.36. The van der Waals surface area contributed by atoms with Gasteiger partial charge in [0.1, 0.15) is 5.82 Å². The molecule has 0 radical (unpaired) electrons. The number of anilines is 1. The number of Topliss-reactive ketones (excluding diaryl/α,β-unsaturated/α-hetero) is 1. The van der Waals surface area contributed by atoms with Gasteiger partial charge in [-0.1, -0.05) is 6.07 Å². The Labute approximate surface area is 164 Å². The maximum atomic E-state index is 13.1. The molecule has 144 valence electrons. The first-order valence-corrected chi connectivity index (χ1v) is 10.1. The molecule has 3 rings (SSSR count). The van der Waals surface area contributed by atoms with Gasteiger partial charge < -0.3 is 9.80 Å². The molecule has 1 aromatic carbocycles. The Hall–Kier alpha value is -2.18. The predicted octanol–water partition coefficient (Wildman–Crippen LogP) is 3.73. The van der Waals surface area contributed by atoms with Crippen molar-refractivity contribution in [3.63, 3.8) is 0 Å². The highest BCUT2D eigenvalue weighted by Crippen LogP contribution is 2.20. The molecule has 1 saturated heterocycles. The van der Waals surface area contributed by atoms with Crippen molar-refractivity contribution >= 4 is 22.8 Å². The highest BCUT2D eigenvalue weighted by molar-refractivity contribution is 7.12. The van der Waals surface area contributed by atoms with Crippen molar-refractivity contribution in [2.24, 2.45) is 0 Å². The van der Waals surface area contributed by atoms with Crippen LogP contribution in [0.3, 0.4) is 0 Å². The molecule has 27 heavy (non-hydrogen) atoms. The topological polar surface area (TPSA) is 26.8 Å². The average molecular weight is 388 g/mol. The monoisotopic (exact) mass is 387 g/mol. The third-order valence-electron chi connectivity index (χ3n) is 4.71. The van der Waals surface area contributed by atoms with Gasteiger partial charge in [0.15, 0.2) is 5.78 Å². The number of hydrogen-bond donors (Lipinski definition) is 0. The van der Waals surface area contributed by atoms with Gasteiger partial charge in [-0.05, 0) is 42.1 Å². The molecule has 0 spiro atoms. The number of halogens is 1. The van der Waals surface area contributed by atoms with E-state index in [9.17, 15) is 9.18 Å². The summed E-state index contributed by atoms with van der Waals surface area (Å²) in [6.07, 6.45) is 2.68. The molecule has 0 aliphatic carbocycles. The molecule has 0 saturated carbocycles. The molecule has 1 aliphatic rings. The number of carbonyl (C=O) groups excluding carboxylic acids is 1. The highest BCUT2D eigenvalue weighted by Gasteiger charge is 2.19. The van der Waals surface area contributed by atoms with Crippen LogP contribution in [0.2, 0.25) is 0 Å². The van der Waals surface area contributed by atoms with Crippen molar-refractivity contribution in [1.29, 1.82) is 0 Å². The van der Waals surface area contributed by atoms with E-state index in [1.807, 2.05) is 54.8 Å². The van der Waals surface area contributed by atoms with Crippen LogP contribution >= 0.6 is 11.3 Å². The van der Waals surface area contributed by atoms with Gasteiger partial charge in [-0.25, -0.2) is 4.39 Å². The molecule has 0 N–H and O–H groups in total. The first-order valence-electron chi connectivity index (χ1n) is 9.21. The van der Waals surface area contributed by atoms with Gasteiger partial charge >= 0.3 is 0 Å². The quantitative estimate of drug-likeness (QED) is 0.534. The first-order chi connectivity index (χ1) is 13.0. The number of piperazine rings is 1. The lowest BCUT2D eigenvalue weighted by atomic mass is 10.1. The fourth-order valence-electron chi connectivity index (χ4n) is 3.27. The lowest BCUT2D eigenvalue weighted by Crippen LogP contribution is -2.46. The molecule has 0 amide bonds. The van der Waals surface area contributed by atoms with E-state index in [0.29, 0.717) is 0 Å². The minimum atomic E-state index is -0.201. The standard InChI is InChI=1S/C21H26FN3OS/c1-23(2)16-17(21(26)20-4-3-15-27-20)9-10-24-11-13-25(14-12-24)19-7-5-18(22)6-8-19/h3-8,15-16H,9-14H2,1-2H3. The summed E-state index contributed by atoms with van der Waals surface area (Å²) in [6.45, 7) is 4.59. The Morgan fingerprint density at radius 1 is 1.15 bits per heavy atom. The molecule has 1 aliphatic heterocycles. The zero-order valence-electron chi connectivity index (χ0n) is 15.9. The molecule has 0 atom stereocenters. The Kier molecular flexibility index (Phi) is 6.63. The molecular formula is C21H26FN3OS. The van der Waals surface area contributed by atoms with Crippen molar-refractivity contribution in [2.45, 2.75) is 6.42 Å². The van der Waals surface area contributed by atoms with E-state index >= 15 is 0 Å². The van der Waals surface area contributed by atoms with Crippen LogP contribution in [0.4, 0.5) is 10.1 Å². The van der Waals surface area contributed by atoms with Crippen molar-refractivity contribution in [2.75, 3.05) is 51.7 Å². The van der Waals surface area contributed by atoms with Gasteiger partial charge in [0.25, 0.3) is 0 Å². The normalized spacial score (nSPS) is 15.8. The van der Waals surface area contributed by atoms with E-state index < -0.39 is 0 Å². The zero-order chi connectivity index (χ0) is 19.2. The number of hydrogen-bond acceptors (Lipinski definition) is 5. The highest BCUT2D eigenvalue weighted by atomic mass is 32.1. The Morgan fingerprint density at radius 3 is 2.44 bits per heavy atom. The first kappa shape index (κ1) is 19.6. The van der Waals surface area contributed by atoms with E-state index in [2.05, 4.69) is 9.80 Å². The van der Waals surface area contributed by atoms with Gasteiger partial charge in [0.05, 0.1) is 4.88 Å². The number of rotatable bonds is 7. The summed E-state index contributed by atoms with van der Waals surface area (Å²) in [5.74, 6) is -0.0725. The number of nitrogens with zero attached hydrogens (tertiary/aromatic N) is 3. The molecule has 0 bridgehead atoms. The van der Waals surface area contributed by atoms with Gasteiger partial charge in [-0.2, -0.15) is 0 Å². The second-order valence-corrected chi connectivity index (χ2v) is 7.93. The second kappa shape index (κ2) is 9.15. The number of benzene rings is 1. The van der Waals surface area contributed by atoms with Crippen LogP contribution in [0.25, 0.3) is 0 Å². The summed E-state index contributed by atoms with van der Waals surface area (Å²) in [6, 6.07) is 10.5. The molecule has 2 heterocycles. The van der Waals surface area contributed by atoms with Crippen molar-refractivity contribution in [1.82, 2.24) is 9.80 Å². The number of carbonyl (C=O) groups is 1. The molecular weight excluding hydrogens is 361 g/mol. The van der Waals surface area contributed by atoms with Crippen molar-refractivity contribution in [3.8, 4) is 0 Å². The molecule has 6 heteroatoms. The average Bonchev–Trinajstić information content (AvgIpc) is 3.20. The largest absolute Gasteiger partial charge is 0.383 e. The Balaban J connectivity index is 1.54. The SMILES string of the molecule is CN(C)C=C(CCN1CCN(c2ccc(F)cc2)CC1)C(=O)c1cccs1. The van der Waals surface area contributed by atoms with Crippen LogP contribution in [0.5, 0.6) is 0 Å². The fraction of sp³-hybridized carbons (Fsp3) is 0.381. The maximum absolute atomic E-state index is 13.1. The molecule has 4 nitrogen and oxygen atoms in total. The summed E-state index contributed by atoms with van der Waals surface area (Å²) in [5, 5.41) is 1.94. The van der Waals surface area contributed by atoms with Crippen LogP contribution in [0, 0.1) is 5.82 Å². The fourth-order valence-corrected chi connectivity index (χ4v) is 3.97. The molecule has 0 unspecified atom stereocenters. The van der Waals surface area contributed by atoms with Crippen LogP contribution in [0.1, 0.15) is 16.1 Å². The number of thiophene rings is 1. The maximum Gasteiger partial charge on any atom is 0.200 e. The molecule has 2 aromatic rings. The smallest absolute Gasteiger partial charge is 0.200 e. The van der Waals surface area contributed by atoms with Crippen LogP contribution in [0.15, 0.2) is 53.6 Å². The van der Waals surface area contributed by atoms with E-state index in [0.717, 1.165) is 55.3 Å². The second-order valence-electron chi connectivity index (χ2n) is 6.98. The third kappa shape index (κ3) is 5.40. The van der Waals surface area contributed by atoms with Gasteiger partial charge in [0, 0.05) is 64.3 Å². The van der Waals surface area contributed by atoms with Crippen molar-refractivity contribution in [3.05, 3.63) is 64.2 Å². The van der Waals surface area contributed by atoms with Crippen LogP contribution in [-0.4, -0.2) is 62.4 Å². The number of ketones is 1. The summed E-state index contributed by atoms with van der Waals surface area (Å²) >= 11 is 1.49. The van der Waals surface area contributed by atoms with Gasteiger partial charge in [-0.15, -0.1) is 11.3 Å². The van der Waals surface area contributed by atoms with Crippen LogP contribution in [-0.2, 0) is 0 Å². The summed E-state index contributed by atoms with van der Waals surface area (Å²) in [5.41, 5.74) is 1.92. The van der Waals surface area contributed by atoms with E-state index in [1.165, 1.54) is 23.5 Å². The minimum absolute atomic E-state index is 0.128. The summed E-state index contributed by atoms with van der Waals surface area (Å²) < 4.78 is 13.1. The summed E-state index contributed by atoms with van der Waals surface area (Å²) in [7, 11) is 3.90. The van der Waals surface area contributed by atoms with Crippen LogP contribution < -0.4 is 4.90 Å². The van der Waals surface area contributed by atoms with E-state index in [4.69, 9.17) is 0 Å². The predicted molar refractivity (Wildman–Crippen MR) is 110 cm³/mol. The lowest BCUT2D eigenvalue weighted by molar-refractivity contribution is 0.103. The van der Waals surface area contributed by atoms with Gasteiger partial charge in [0.2, 0.25) is 0 Å². The third-order valence-corrected chi connectivity index (χ3v) is 5.58. The Bertz CT molecular complexity index is 763. The Morgan fingerprint density at radius 2 is 1.85 bits per heavy atom. The van der Waals surface area contributed by atoms with E-state index in [1.54, 1.807) is 0 Å². The summed E-state index contributed by atoms with van der Waals surface area (Å²) in [4.78, 5) is 20.1. The molecule has 1 aromatic heterocycles. The van der Waals surface area contributed by atoms with E-state index in [-0.39, 0.29) is 11.6 Å². The minimum Gasteiger partial charge on any atom is -0.383 e. The molecule has 1 fully saturated rings. The van der Waals surface area contributed by atoms with Gasteiger partial charge in [-0.3, -0.25) is 9.69 Å².